The molecule has 7 nitrogen and oxygen atoms in total. The fourth-order valence-electron chi connectivity index (χ4n) is 3.71. The lowest BCUT2D eigenvalue weighted by molar-refractivity contribution is -0.119. The lowest BCUT2D eigenvalue weighted by Crippen LogP contribution is -2.36. The number of amides is 1. The van der Waals surface area contributed by atoms with Gasteiger partial charge < -0.3 is 24.4 Å². The van der Waals surface area contributed by atoms with Crippen LogP contribution in [0.3, 0.4) is 0 Å². The molecule has 3 aromatic carbocycles. The van der Waals surface area contributed by atoms with Gasteiger partial charge in [-0.15, -0.1) is 0 Å². The number of esters is 1. The molecule has 1 fully saturated rings. The molecule has 34 heavy (non-hydrogen) atoms. The van der Waals surface area contributed by atoms with E-state index in [1.165, 1.54) is 0 Å². The van der Waals surface area contributed by atoms with E-state index in [9.17, 15) is 9.59 Å². The quantitative estimate of drug-likeness (QED) is 0.508. The summed E-state index contributed by atoms with van der Waals surface area (Å²) in [6, 6.07) is 22.4. The number of hydrogen-bond donors (Lipinski definition) is 1. The van der Waals surface area contributed by atoms with E-state index in [1.807, 2.05) is 55.5 Å². The molecule has 7 heteroatoms. The Balaban J connectivity index is 1.29. The second-order valence-electron chi connectivity index (χ2n) is 8.04. The van der Waals surface area contributed by atoms with E-state index in [1.54, 1.807) is 24.3 Å². The zero-order valence-electron chi connectivity index (χ0n) is 19.2. The monoisotopic (exact) mass is 460 g/mol. The highest BCUT2D eigenvalue weighted by Gasteiger charge is 2.16. The highest BCUT2D eigenvalue weighted by atomic mass is 16.5. The Bertz CT molecular complexity index is 1120. The van der Waals surface area contributed by atoms with Crippen LogP contribution in [-0.4, -0.2) is 44.8 Å². The van der Waals surface area contributed by atoms with Gasteiger partial charge in [0.05, 0.1) is 13.2 Å². The van der Waals surface area contributed by atoms with Crippen LogP contribution in [0.2, 0.25) is 0 Å². The van der Waals surface area contributed by atoms with Gasteiger partial charge in [-0.25, -0.2) is 4.79 Å². The Morgan fingerprint density at radius 3 is 2.50 bits per heavy atom. The van der Waals surface area contributed by atoms with E-state index in [0.29, 0.717) is 31.3 Å². The number of ether oxygens (including phenoxy) is 3. The number of carbonyl (C=O) groups excluding carboxylic acids is 2. The van der Waals surface area contributed by atoms with E-state index in [2.05, 4.69) is 10.2 Å². The maximum absolute atomic E-state index is 12.6. The maximum Gasteiger partial charge on any atom is 0.342 e. The van der Waals surface area contributed by atoms with Crippen LogP contribution in [0.1, 0.15) is 21.5 Å². The molecule has 3 aromatic rings. The topological polar surface area (TPSA) is 77.1 Å². The maximum atomic E-state index is 12.6. The number of aryl methyl sites for hydroxylation is 1. The van der Waals surface area contributed by atoms with Crippen LogP contribution in [0.15, 0.2) is 72.8 Å². The van der Waals surface area contributed by atoms with Gasteiger partial charge in [0.2, 0.25) is 0 Å². The molecule has 1 heterocycles. The van der Waals surface area contributed by atoms with Gasteiger partial charge in [-0.05, 0) is 48.9 Å². The second kappa shape index (κ2) is 11.3. The molecule has 0 spiro atoms. The van der Waals surface area contributed by atoms with Crippen molar-refractivity contribution in [3.8, 4) is 5.75 Å². The number of morpholine rings is 1. The summed E-state index contributed by atoms with van der Waals surface area (Å²) in [6.07, 6.45) is 0. The summed E-state index contributed by atoms with van der Waals surface area (Å²) in [6.45, 7) is 5.06. The second-order valence-corrected chi connectivity index (χ2v) is 8.04. The first kappa shape index (κ1) is 23.3. The minimum Gasteiger partial charge on any atom is -0.488 e. The highest BCUT2D eigenvalue weighted by Crippen LogP contribution is 2.21. The van der Waals surface area contributed by atoms with Gasteiger partial charge >= 0.3 is 5.97 Å². The van der Waals surface area contributed by atoms with E-state index < -0.39 is 18.5 Å². The number of nitrogens with zero attached hydrogens (tertiary/aromatic N) is 1. The normalized spacial score (nSPS) is 13.3. The van der Waals surface area contributed by atoms with Gasteiger partial charge in [-0.2, -0.15) is 0 Å². The summed E-state index contributed by atoms with van der Waals surface area (Å²) in [5.41, 5.74) is 4.13. The first-order chi connectivity index (χ1) is 16.6. The van der Waals surface area contributed by atoms with Crippen LogP contribution in [0.25, 0.3) is 0 Å². The molecule has 0 saturated carbocycles. The molecule has 1 N–H and O–H groups in total. The average Bonchev–Trinajstić information content (AvgIpc) is 2.87. The van der Waals surface area contributed by atoms with Crippen molar-refractivity contribution in [1.82, 2.24) is 0 Å². The molecule has 1 saturated heterocycles. The lowest BCUT2D eigenvalue weighted by atomic mass is 10.1. The van der Waals surface area contributed by atoms with E-state index in [-0.39, 0.29) is 5.56 Å². The van der Waals surface area contributed by atoms with Crippen molar-refractivity contribution < 1.29 is 23.8 Å². The van der Waals surface area contributed by atoms with Crippen molar-refractivity contribution in [3.05, 3.63) is 89.5 Å². The lowest BCUT2D eigenvalue weighted by Gasteiger charge is -2.28. The Labute approximate surface area is 199 Å². The Kier molecular flexibility index (Phi) is 7.78. The van der Waals surface area contributed by atoms with Crippen LogP contribution in [0.5, 0.6) is 5.75 Å². The van der Waals surface area contributed by atoms with Crippen LogP contribution in [0, 0.1) is 6.92 Å². The first-order valence-corrected chi connectivity index (χ1v) is 11.3. The van der Waals surface area contributed by atoms with Crippen molar-refractivity contribution >= 4 is 23.3 Å². The molecule has 0 aliphatic carbocycles. The molecule has 0 atom stereocenters. The fourth-order valence-corrected chi connectivity index (χ4v) is 3.71. The summed E-state index contributed by atoms with van der Waals surface area (Å²) in [7, 11) is 0. The van der Waals surface area contributed by atoms with Crippen LogP contribution in [0.4, 0.5) is 11.4 Å². The molecular formula is C27H28N2O5. The number of hydrogen-bond acceptors (Lipinski definition) is 6. The largest absolute Gasteiger partial charge is 0.488 e. The minimum absolute atomic E-state index is 0.276. The van der Waals surface area contributed by atoms with Crippen LogP contribution in [-0.2, 0) is 20.9 Å². The number of para-hydroxylation sites is 1. The summed E-state index contributed by atoms with van der Waals surface area (Å²) in [5.74, 6) is -0.614. The molecule has 4 rings (SSSR count). The van der Waals surface area contributed by atoms with Crippen LogP contribution < -0.4 is 15.0 Å². The third-order valence-corrected chi connectivity index (χ3v) is 5.45. The molecule has 0 radical (unpaired) electrons. The van der Waals surface area contributed by atoms with Gasteiger partial charge in [0.25, 0.3) is 5.91 Å². The minimum atomic E-state index is -0.613. The highest BCUT2D eigenvalue weighted by molar-refractivity contribution is 5.96. The zero-order valence-corrected chi connectivity index (χ0v) is 19.2. The molecule has 0 aromatic heterocycles. The Hall–Kier alpha value is -3.84. The van der Waals surface area contributed by atoms with Gasteiger partial charge in [-0.3, -0.25) is 4.79 Å². The smallest absolute Gasteiger partial charge is 0.342 e. The average molecular weight is 461 g/mol. The number of nitrogens with one attached hydrogen (secondary N) is 1. The molecule has 1 amide bonds. The molecule has 0 bridgehead atoms. The molecule has 0 unspecified atom stereocenters. The van der Waals surface area contributed by atoms with Crippen LogP contribution >= 0.6 is 0 Å². The van der Waals surface area contributed by atoms with Crippen molar-refractivity contribution in [1.29, 1.82) is 0 Å². The van der Waals surface area contributed by atoms with Gasteiger partial charge in [-0.1, -0.05) is 42.0 Å². The number of anilines is 2. The number of rotatable bonds is 8. The van der Waals surface area contributed by atoms with Crippen molar-refractivity contribution in [2.24, 2.45) is 0 Å². The summed E-state index contributed by atoms with van der Waals surface area (Å²) < 4.78 is 16.5. The third kappa shape index (κ3) is 6.36. The Morgan fingerprint density at radius 2 is 1.74 bits per heavy atom. The predicted octanol–water partition coefficient (Wildman–Crippen LogP) is 4.21. The fraction of sp³-hybridized carbons (Fsp3) is 0.259. The van der Waals surface area contributed by atoms with Crippen molar-refractivity contribution in [3.63, 3.8) is 0 Å². The molecular weight excluding hydrogens is 432 g/mol. The predicted molar refractivity (Wildman–Crippen MR) is 130 cm³/mol. The van der Waals surface area contributed by atoms with E-state index in [0.717, 1.165) is 29.9 Å². The Morgan fingerprint density at radius 1 is 0.971 bits per heavy atom. The third-order valence-electron chi connectivity index (χ3n) is 5.45. The van der Waals surface area contributed by atoms with Crippen molar-refractivity contribution in [2.45, 2.75) is 13.5 Å². The van der Waals surface area contributed by atoms with E-state index >= 15 is 0 Å². The summed E-state index contributed by atoms with van der Waals surface area (Å²) >= 11 is 0. The standard InChI is InChI=1S/C27H28N2O5/c1-20-5-4-6-21(17-20)18-33-25-8-3-2-7-24(25)27(31)34-19-26(30)28-22-9-11-23(12-10-22)29-13-15-32-16-14-29/h2-12,17H,13-16,18-19H2,1H3,(H,28,30). The first-order valence-electron chi connectivity index (χ1n) is 11.3. The number of carbonyl (C=O) groups is 2. The van der Waals surface area contributed by atoms with Gasteiger partial charge in [0, 0.05) is 24.5 Å². The molecule has 176 valence electrons. The summed E-state index contributed by atoms with van der Waals surface area (Å²) in [4.78, 5) is 27.2. The van der Waals surface area contributed by atoms with Crippen molar-refractivity contribution in [2.75, 3.05) is 43.1 Å². The van der Waals surface area contributed by atoms with E-state index in [4.69, 9.17) is 14.2 Å². The molecule has 1 aliphatic rings. The summed E-state index contributed by atoms with van der Waals surface area (Å²) in [5, 5.41) is 2.75. The van der Waals surface area contributed by atoms with Gasteiger partial charge in [0.1, 0.15) is 17.9 Å². The molecule has 1 aliphatic heterocycles. The zero-order chi connectivity index (χ0) is 23.8. The number of benzene rings is 3. The SMILES string of the molecule is Cc1cccc(COc2ccccc2C(=O)OCC(=O)Nc2ccc(N3CCOCC3)cc2)c1. The van der Waals surface area contributed by atoms with Gasteiger partial charge in [0.15, 0.2) is 6.61 Å².